The van der Waals surface area contributed by atoms with Crippen LogP contribution in [0.4, 0.5) is 0 Å². The van der Waals surface area contributed by atoms with Crippen molar-refractivity contribution in [3.05, 3.63) is 176 Å². The van der Waals surface area contributed by atoms with Gasteiger partial charge in [0, 0.05) is 36.3 Å². The van der Waals surface area contributed by atoms with Crippen LogP contribution in [0.15, 0.2) is 109 Å². The van der Waals surface area contributed by atoms with Gasteiger partial charge >= 0.3 is 0 Å². The number of hydrogen-bond donors (Lipinski definition) is 0. The third kappa shape index (κ3) is 12.5. The SMILES string of the molecule is CCCOc1c2cc(C(C)(C)C)cc1Cc1cc(C(C)(C)C)cc(c1OCCC)Cc1cc(C(C)(C)C)cc(c1OP(c1ccccc1)c1ccccc1)Cc1cc(C(C)(C)C)cc(c1OCCC)C2. The van der Waals surface area contributed by atoms with Crippen LogP contribution in [-0.2, 0) is 47.3 Å². The first-order chi connectivity index (χ1) is 33.1. The molecule has 372 valence electrons. The first-order valence-electron chi connectivity index (χ1n) is 26.2. The third-order valence-electron chi connectivity index (χ3n) is 13.5. The molecule has 0 spiro atoms. The minimum Gasteiger partial charge on any atom is -0.493 e. The lowest BCUT2D eigenvalue weighted by atomic mass is 9.79. The minimum absolute atomic E-state index is 0.101. The van der Waals surface area contributed by atoms with Gasteiger partial charge in [0.25, 0.3) is 0 Å². The first-order valence-corrected chi connectivity index (χ1v) is 27.5. The zero-order chi connectivity index (χ0) is 50.6. The largest absolute Gasteiger partial charge is 0.493 e. The first kappa shape index (κ1) is 52.8. The highest BCUT2D eigenvalue weighted by Gasteiger charge is 2.31. The van der Waals surface area contributed by atoms with E-state index in [1.165, 1.54) is 77.4 Å². The number of benzene rings is 6. The molecular formula is C65H83O4P. The number of ether oxygens (including phenoxy) is 3. The van der Waals surface area contributed by atoms with Gasteiger partial charge in [0.1, 0.15) is 23.0 Å². The van der Waals surface area contributed by atoms with Gasteiger partial charge in [0.15, 0.2) is 8.15 Å². The molecule has 6 aromatic rings. The fraction of sp³-hybridized carbons (Fsp3) is 0.446. The summed E-state index contributed by atoms with van der Waals surface area (Å²) in [5.41, 5.74) is 14.1. The van der Waals surface area contributed by atoms with Gasteiger partial charge in [0.2, 0.25) is 0 Å². The maximum atomic E-state index is 7.84. The van der Waals surface area contributed by atoms with Crippen LogP contribution >= 0.6 is 8.15 Å². The van der Waals surface area contributed by atoms with Gasteiger partial charge in [-0.15, -0.1) is 0 Å². The molecule has 5 heteroatoms. The molecule has 8 bridgehead atoms. The van der Waals surface area contributed by atoms with E-state index in [1.807, 2.05) is 0 Å². The van der Waals surface area contributed by atoms with Crippen molar-refractivity contribution in [3.63, 3.8) is 0 Å². The van der Waals surface area contributed by atoms with Crippen LogP contribution in [0, 0.1) is 0 Å². The van der Waals surface area contributed by atoms with Gasteiger partial charge in [-0.2, -0.15) is 0 Å². The van der Waals surface area contributed by atoms with E-state index in [1.54, 1.807) is 0 Å². The normalized spacial score (nSPS) is 13.3. The standard InChI is InChI=1S/C65H83O4P/c1-16-29-66-58-44-32-46-38-53(63(7,8)9)40-48(59(46)67-30-17-2)34-50-42-55(65(13,14)15)43-51(61(50)69-70(56-25-21-19-22-26-56)57-27-23-20-24-28-57)35-49-41-54(64(10,11)12)39-47(60(49)68-31-18-3)33-45(58)37-52(36-44)62(4,5)6/h19-28,36-43H,16-18,29-35H2,1-15H3. The Bertz CT molecular complexity index is 2560. The summed E-state index contributed by atoms with van der Waals surface area (Å²) < 4.78 is 29.0. The van der Waals surface area contributed by atoms with Crippen LogP contribution < -0.4 is 29.3 Å². The molecule has 0 saturated heterocycles. The van der Waals surface area contributed by atoms with E-state index < -0.39 is 8.15 Å². The van der Waals surface area contributed by atoms with Crippen molar-refractivity contribution in [2.45, 2.75) is 170 Å². The molecule has 0 heterocycles. The molecule has 0 saturated carbocycles. The topological polar surface area (TPSA) is 36.9 Å². The van der Waals surface area contributed by atoms with E-state index in [2.05, 4.69) is 213 Å². The summed E-state index contributed by atoms with van der Waals surface area (Å²) >= 11 is 0. The minimum atomic E-state index is -1.27. The molecule has 0 radical (unpaired) electrons. The van der Waals surface area contributed by atoms with Gasteiger partial charge in [-0.1, -0.05) is 213 Å². The molecule has 0 atom stereocenters. The van der Waals surface area contributed by atoms with Crippen LogP contribution in [0.25, 0.3) is 0 Å². The molecule has 0 aliphatic heterocycles. The molecule has 4 nitrogen and oxygen atoms in total. The predicted molar refractivity (Wildman–Crippen MR) is 299 cm³/mol. The zero-order valence-corrected chi connectivity index (χ0v) is 46.4. The second-order valence-corrected chi connectivity index (χ2v) is 25.6. The summed E-state index contributed by atoms with van der Waals surface area (Å²) in [6, 6.07) is 41.1. The fourth-order valence-corrected chi connectivity index (χ4v) is 11.2. The lowest BCUT2D eigenvalue weighted by Crippen LogP contribution is -2.19. The smallest absolute Gasteiger partial charge is 0.150 e. The molecule has 0 amide bonds. The summed E-state index contributed by atoms with van der Waals surface area (Å²) in [7, 11) is -1.27. The Hall–Kier alpha value is -5.05. The van der Waals surface area contributed by atoms with Crippen LogP contribution in [0.2, 0.25) is 0 Å². The van der Waals surface area contributed by atoms with E-state index in [9.17, 15) is 0 Å². The summed E-state index contributed by atoms with van der Waals surface area (Å²) in [6.07, 6.45) is 5.33. The highest BCUT2D eigenvalue weighted by Crippen LogP contribution is 2.47. The third-order valence-corrected chi connectivity index (χ3v) is 15.4. The van der Waals surface area contributed by atoms with Gasteiger partial charge in [-0.25, -0.2) is 0 Å². The average Bonchev–Trinajstić information content (AvgIpc) is 3.29. The average molecular weight is 959 g/mol. The van der Waals surface area contributed by atoms with Crippen LogP contribution in [0.5, 0.6) is 23.0 Å². The van der Waals surface area contributed by atoms with E-state index in [0.717, 1.165) is 42.3 Å². The molecular weight excluding hydrogens is 876 g/mol. The zero-order valence-electron chi connectivity index (χ0n) is 45.5. The monoisotopic (exact) mass is 959 g/mol. The summed E-state index contributed by atoms with van der Waals surface area (Å²) in [5.74, 6) is 3.88. The van der Waals surface area contributed by atoms with Crippen molar-refractivity contribution < 1.29 is 18.7 Å². The Labute approximate surface area is 424 Å². The van der Waals surface area contributed by atoms with E-state index in [4.69, 9.17) is 18.7 Å². The van der Waals surface area contributed by atoms with E-state index in [0.29, 0.717) is 45.5 Å². The summed E-state index contributed by atoms with van der Waals surface area (Å²) in [4.78, 5) is 0. The lowest BCUT2D eigenvalue weighted by molar-refractivity contribution is 0.306. The molecule has 1 aliphatic carbocycles. The van der Waals surface area contributed by atoms with Gasteiger partial charge in [-0.05, 0) is 108 Å². The highest BCUT2D eigenvalue weighted by atomic mass is 31.1. The van der Waals surface area contributed by atoms with Gasteiger partial charge in [0.05, 0.1) is 19.8 Å². The summed E-state index contributed by atoms with van der Waals surface area (Å²) in [5, 5.41) is 2.35. The molecule has 1 aliphatic rings. The second-order valence-electron chi connectivity index (χ2n) is 23.8. The van der Waals surface area contributed by atoms with Crippen molar-refractivity contribution in [1.29, 1.82) is 0 Å². The Kier molecular flexibility index (Phi) is 16.4. The second kappa shape index (κ2) is 21.7. The number of hydrogen-bond acceptors (Lipinski definition) is 4. The van der Waals surface area contributed by atoms with Crippen LogP contribution in [-0.4, -0.2) is 19.8 Å². The molecule has 0 N–H and O–H groups in total. The van der Waals surface area contributed by atoms with Crippen LogP contribution in [0.3, 0.4) is 0 Å². The van der Waals surface area contributed by atoms with Crippen LogP contribution in [0.1, 0.15) is 190 Å². The van der Waals surface area contributed by atoms with Crippen molar-refractivity contribution in [3.8, 4) is 23.0 Å². The Morgan fingerprint density at radius 3 is 0.786 bits per heavy atom. The molecule has 0 unspecified atom stereocenters. The summed E-state index contributed by atoms with van der Waals surface area (Å²) in [6.45, 7) is 36.5. The van der Waals surface area contributed by atoms with E-state index in [-0.39, 0.29) is 21.7 Å². The highest BCUT2D eigenvalue weighted by molar-refractivity contribution is 7.68. The molecule has 6 aromatic carbocycles. The van der Waals surface area contributed by atoms with Gasteiger partial charge in [-0.3, -0.25) is 0 Å². The fourth-order valence-electron chi connectivity index (χ4n) is 9.38. The predicted octanol–water partition coefficient (Wildman–Crippen LogP) is 16.3. The Morgan fingerprint density at radius 2 is 0.571 bits per heavy atom. The van der Waals surface area contributed by atoms with Crippen molar-refractivity contribution in [2.75, 3.05) is 19.8 Å². The van der Waals surface area contributed by atoms with E-state index >= 15 is 0 Å². The molecule has 0 fully saturated rings. The van der Waals surface area contributed by atoms with Crippen molar-refractivity contribution in [1.82, 2.24) is 0 Å². The Morgan fingerprint density at radius 1 is 0.343 bits per heavy atom. The van der Waals surface area contributed by atoms with Gasteiger partial charge < -0.3 is 18.7 Å². The quantitative estimate of drug-likeness (QED) is 0.108. The lowest BCUT2D eigenvalue weighted by Gasteiger charge is -2.30. The molecule has 0 aromatic heterocycles. The number of fused-ring (bicyclic) bond motifs is 8. The van der Waals surface area contributed by atoms with Crippen molar-refractivity contribution in [2.24, 2.45) is 0 Å². The number of rotatable bonds is 13. The molecule has 7 rings (SSSR count). The van der Waals surface area contributed by atoms with Crippen molar-refractivity contribution >= 4 is 18.8 Å². The maximum absolute atomic E-state index is 7.84. The Balaban J connectivity index is 1.66. The maximum Gasteiger partial charge on any atom is 0.150 e. The molecule has 70 heavy (non-hydrogen) atoms.